The van der Waals surface area contributed by atoms with Gasteiger partial charge < -0.3 is 9.64 Å². The third-order valence-electron chi connectivity index (χ3n) is 4.13. The predicted octanol–water partition coefficient (Wildman–Crippen LogP) is -0.0672. The summed E-state index contributed by atoms with van der Waals surface area (Å²) in [5, 5.41) is -0.756. The SMILES string of the molecule is COC(=O)[C@@H]1C[C@@H](S(=O)(=O)CC2CC2)CN1C(=O)CC(C)=O. The summed E-state index contributed by atoms with van der Waals surface area (Å²) in [4.78, 5) is 36.2. The van der Waals surface area contributed by atoms with E-state index in [9.17, 15) is 22.8 Å². The largest absolute Gasteiger partial charge is 0.467 e. The molecule has 1 saturated carbocycles. The van der Waals surface area contributed by atoms with E-state index in [1.165, 1.54) is 18.9 Å². The molecule has 1 amide bonds. The Balaban J connectivity index is 2.14. The van der Waals surface area contributed by atoms with E-state index in [-0.39, 0.29) is 36.8 Å². The first kappa shape index (κ1) is 16.9. The maximum absolute atomic E-state index is 12.4. The van der Waals surface area contributed by atoms with E-state index in [0.717, 1.165) is 12.8 Å². The number of carbonyl (C=O) groups is 3. The maximum Gasteiger partial charge on any atom is 0.328 e. The molecule has 1 saturated heterocycles. The average molecular weight is 331 g/mol. The molecule has 0 radical (unpaired) electrons. The van der Waals surface area contributed by atoms with Crippen LogP contribution in [0.5, 0.6) is 0 Å². The van der Waals surface area contributed by atoms with Gasteiger partial charge in [-0.3, -0.25) is 9.59 Å². The van der Waals surface area contributed by atoms with E-state index in [0.29, 0.717) is 0 Å². The van der Waals surface area contributed by atoms with E-state index < -0.39 is 33.0 Å². The summed E-state index contributed by atoms with van der Waals surface area (Å²) in [6, 6.07) is -0.921. The Bertz CT molecular complexity index is 580. The number of amides is 1. The van der Waals surface area contributed by atoms with Crippen molar-refractivity contribution in [3.63, 3.8) is 0 Å². The van der Waals surface area contributed by atoms with Gasteiger partial charge in [0.2, 0.25) is 5.91 Å². The summed E-state index contributed by atoms with van der Waals surface area (Å²) in [5.41, 5.74) is 0. The number of likely N-dealkylation sites (tertiary alicyclic amines) is 1. The summed E-state index contributed by atoms with van der Waals surface area (Å²) in [7, 11) is -2.16. The van der Waals surface area contributed by atoms with Gasteiger partial charge in [-0.15, -0.1) is 0 Å². The monoisotopic (exact) mass is 331 g/mol. The van der Waals surface area contributed by atoms with Crippen LogP contribution < -0.4 is 0 Å². The fourth-order valence-electron chi connectivity index (χ4n) is 2.76. The first-order chi connectivity index (χ1) is 10.2. The summed E-state index contributed by atoms with van der Waals surface area (Å²) in [6.07, 6.45) is 1.55. The minimum atomic E-state index is -3.35. The molecule has 0 bridgehead atoms. The van der Waals surface area contributed by atoms with Crippen LogP contribution in [-0.2, 0) is 29.0 Å². The van der Waals surface area contributed by atoms with Gasteiger partial charge in [-0.05, 0) is 32.1 Å². The zero-order chi connectivity index (χ0) is 16.5. The molecule has 0 aromatic rings. The number of sulfone groups is 1. The minimum Gasteiger partial charge on any atom is -0.467 e. The Labute approximate surface area is 129 Å². The van der Waals surface area contributed by atoms with Crippen LogP contribution in [0.2, 0.25) is 0 Å². The van der Waals surface area contributed by atoms with Gasteiger partial charge >= 0.3 is 5.97 Å². The number of ketones is 1. The molecule has 124 valence electrons. The first-order valence-electron chi connectivity index (χ1n) is 7.33. The minimum absolute atomic E-state index is 0.0407. The molecule has 0 unspecified atom stereocenters. The van der Waals surface area contributed by atoms with Gasteiger partial charge in [0.05, 0.1) is 24.5 Å². The molecule has 0 aromatic carbocycles. The van der Waals surface area contributed by atoms with Crippen LogP contribution in [0.4, 0.5) is 0 Å². The normalized spacial score (nSPS) is 25.1. The topological polar surface area (TPSA) is 97.8 Å². The van der Waals surface area contributed by atoms with E-state index in [1.807, 2.05) is 0 Å². The van der Waals surface area contributed by atoms with Crippen molar-refractivity contribution in [2.45, 2.75) is 43.9 Å². The van der Waals surface area contributed by atoms with E-state index >= 15 is 0 Å². The molecule has 22 heavy (non-hydrogen) atoms. The maximum atomic E-state index is 12.4. The number of carbonyl (C=O) groups excluding carboxylic acids is 3. The Morgan fingerprint density at radius 1 is 1.23 bits per heavy atom. The van der Waals surface area contributed by atoms with Gasteiger partial charge in [-0.25, -0.2) is 13.2 Å². The van der Waals surface area contributed by atoms with Crippen molar-refractivity contribution >= 4 is 27.5 Å². The predicted molar refractivity (Wildman–Crippen MR) is 77.7 cm³/mol. The zero-order valence-corrected chi connectivity index (χ0v) is 13.6. The molecule has 2 fully saturated rings. The number of nitrogens with zero attached hydrogens (tertiary/aromatic N) is 1. The molecule has 8 heteroatoms. The number of hydrogen-bond acceptors (Lipinski definition) is 6. The lowest BCUT2D eigenvalue weighted by molar-refractivity contribution is -0.151. The van der Waals surface area contributed by atoms with E-state index in [1.54, 1.807) is 0 Å². The molecule has 0 N–H and O–H groups in total. The Kier molecular flexibility index (Phi) is 4.89. The molecular weight excluding hydrogens is 310 g/mol. The second kappa shape index (κ2) is 6.36. The smallest absolute Gasteiger partial charge is 0.328 e. The van der Waals surface area contributed by atoms with Gasteiger partial charge in [-0.2, -0.15) is 0 Å². The van der Waals surface area contributed by atoms with Gasteiger partial charge in [0, 0.05) is 6.54 Å². The molecule has 1 aliphatic carbocycles. The van der Waals surface area contributed by atoms with Crippen molar-refractivity contribution in [2.75, 3.05) is 19.4 Å². The standard InChI is InChI=1S/C14H21NO6S/c1-9(16)5-13(17)15-7-11(6-12(15)14(18)21-2)22(19,20)8-10-3-4-10/h10-12H,3-8H2,1-2H3/t11-,12+/m1/s1. The van der Waals surface area contributed by atoms with Crippen LogP contribution in [0.15, 0.2) is 0 Å². The molecule has 0 spiro atoms. The number of rotatable bonds is 6. The third kappa shape index (κ3) is 3.85. The molecular formula is C14H21NO6S. The fraction of sp³-hybridized carbons (Fsp3) is 0.786. The van der Waals surface area contributed by atoms with E-state index in [2.05, 4.69) is 4.74 Å². The van der Waals surface area contributed by atoms with Crippen LogP contribution in [0, 0.1) is 5.92 Å². The molecule has 1 aliphatic heterocycles. The summed E-state index contributed by atoms with van der Waals surface area (Å²) in [6.45, 7) is 1.24. The third-order valence-corrected chi connectivity index (χ3v) is 6.42. The zero-order valence-electron chi connectivity index (χ0n) is 12.8. The van der Waals surface area contributed by atoms with Crippen LogP contribution in [0.1, 0.15) is 32.6 Å². The lowest BCUT2D eigenvalue weighted by Gasteiger charge is -2.22. The highest BCUT2D eigenvalue weighted by atomic mass is 32.2. The van der Waals surface area contributed by atoms with Crippen LogP contribution in [-0.4, -0.2) is 61.7 Å². The van der Waals surface area contributed by atoms with Gasteiger partial charge in [-0.1, -0.05) is 0 Å². The van der Waals surface area contributed by atoms with Crippen molar-refractivity contribution in [3.05, 3.63) is 0 Å². The van der Waals surface area contributed by atoms with Crippen molar-refractivity contribution in [1.82, 2.24) is 4.90 Å². The fourth-order valence-corrected chi connectivity index (χ4v) is 4.88. The van der Waals surface area contributed by atoms with Gasteiger partial charge in [0.15, 0.2) is 9.84 Å². The lowest BCUT2D eigenvalue weighted by Crippen LogP contribution is -2.42. The summed E-state index contributed by atoms with van der Waals surface area (Å²) < 4.78 is 29.4. The molecule has 0 aromatic heterocycles. The quantitative estimate of drug-likeness (QED) is 0.499. The highest BCUT2D eigenvalue weighted by molar-refractivity contribution is 7.92. The lowest BCUT2D eigenvalue weighted by atomic mass is 10.2. The Morgan fingerprint density at radius 2 is 1.86 bits per heavy atom. The summed E-state index contributed by atoms with van der Waals surface area (Å²) in [5.74, 6) is -1.16. The number of hydrogen-bond donors (Lipinski definition) is 0. The summed E-state index contributed by atoms with van der Waals surface area (Å²) >= 11 is 0. The van der Waals surface area contributed by atoms with Crippen LogP contribution >= 0.6 is 0 Å². The van der Waals surface area contributed by atoms with E-state index in [4.69, 9.17) is 0 Å². The van der Waals surface area contributed by atoms with Crippen molar-refractivity contribution in [3.8, 4) is 0 Å². The van der Waals surface area contributed by atoms with Crippen molar-refractivity contribution < 1.29 is 27.5 Å². The Morgan fingerprint density at radius 3 is 2.36 bits per heavy atom. The number of methoxy groups -OCH3 is 1. The van der Waals surface area contributed by atoms with Gasteiger partial charge in [0.25, 0.3) is 0 Å². The van der Waals surface area contributed by atoms with Crippen LogP contribution in [0.25, 0.3) is 0 Å². The number of Topliss-reactive ketones (excluding diaryl/α,β-unsaturated/α-hetero) is 1. The molecule has 1 heterocycles. The molecule has 7 nitrogen and oxygen atoms in total. The highest BCUT2D eigenvalue weighted by Gasteiger charge is 2.46. The highest BCUT2D eigenvalue weighted by Crippen LogP contribution is 2.34. The van der Waals surface area contributed by atoms with Crippen molar-refractivity contribution in [2.24, 2.45) is 5.92 Å². The van der Waals surface area contributed by atoms with Crippen molar-refractivity contribution in [1.29, 1.82) is 0 Å². The second-order valence-electron chi connectivity index (χ2n) is 6.09. The first-order valence-corrected chi connectivity index (χ1v) is 9.04. The Hall–Kier alpha value is -1.44. The molecule has 2 aliphatic rings. The average Bonchev–Trinajstić information content (AvgIpc) is 3.09. The molecule has 2 rings (SSSR count). The number of esters is 1. The van der Waals surface area contributed by atoms with Crippen LogP contribution in [0.3, 0.4) is 0 Å². The van der Waals surface area contributed by atoms with Gasteiger partial charge in [0.1, 0.15) is 11.8 Å². The number of ether oxygens (including phenoxy) is 1. The molecule has 2 atom stereocenters. The second-order valence-corrected chi connectivity index (χ2v) is 8.42.